The molecule has 0 aliphatic carbocycles. The molecule has 0 spiro atoms. The molecule has 0 N–H and O–H groups in total. The molecule has 0 bridgehead atoms. The normalized spacial score (nSPS) is 12.1. The van der Waals surface area contributed by atoms with Crippen LogP contribution in [0, 0.1) is 11.8 Å². The molecule has 1 aromatic heterocycles. The Morgan fingerprint density at radius 1 is 1.33 bits per heavy atom. The van der Waals surface area contributed by atoms with E-state index < -0.39 is 11.8 Å². The molecule has 0 radical (unpaired) electrons. The fourth-order valence-corrected chi connectivity index (χ4v) is 2.61. The highest BCUT2D eigenvalue weighted by molar-refractivity contribution is 6.01. The maximum Gasteiger partial charge on any atom is 0.353 e. The number of benzene rings is 1. The van der Waals surface area contributed by atoms with Crippen LogP contribution in [0.4, 0.5) is 0 Å². The highest BCUT2D eigenvalue weighted by atomic mass is 16.9. The van der Waals surface area contributed by atoms with Crippen LogP contribution < -0.4 is 0 Å². The van der Waals surface area contributed by atoms with Crippen LogP contribution in [-0.2, 0) is 14.2 Å². The Kier molecular flexibility index (Phi) is 7.02. The Bertz CT molecular complexity index is 845. The van der Waals surface area contributed by atoms with Crippen molar-refractivity contribution in [3.05, 3.63) is 53.9 Å². The highest BCUT2D eigenvalue weighted by Gasteiger charge is 2.45. The monoisotopic (exact) mass is 369 g/mol. The first-order chi connectivity index (χ1) is 13.0. The molecule has 0 aliphatic heterocycles. The van der Waals surface area contributed by atoms with Gasteiger partial charge in [-0.1, -0.05) is 48.0 Å². The van der Waals surface area contributed by atoms with Crippen molar-refractivity contribution >= 4 is 11.9 Å². The third-order valence-electron chi connectivity index (χ3n) is 4.10. The van der Waals surface area contributed by atoms with E-state index in [1.54, 1.807) is 6.92 Å². The van der Waals surface area contributed by atoms with E-state index in [1.165, 1.54) is 25.0 Å². The van der Waals surface area contributed by atoms with Crippen LogP contribution in [0.1, 0.15) is 41.6 Å². The Labute approximate surface area is 158 Å². The zero-order valence-electron chi connectivity index (χ0n) is 15.9. The third kappa shape index (κ3) is 4.14. The molecule has 27 heavy (non-hydrogen) atoms. The number of carbonyl (C=O) groups is 1. The van der Waals surface area contributed by atoms with Crippen LogP contribution in [0.25, 0.3) is 6.08 Å². The summed E-state index contributed by atoms with van der Waals surface area (Å²) in [6, 6.07) is 9.39. The molecule has 0 saturated carbocycles. The quantitative estimate of drug-likeness (QED) is 0.384. The molecule has 0 unspecified atom stereocenters. The maximum atomic E-state index is 13.3. The van der Waals surface area contributed by atoms with Gasteiger partial charge in [-0.05, 0) is 25.5 Å². The Balaban J connectivity index is 2.51. The van der Waals surface area contributed by atoms with Crippen LogP contribution in [0.15, 0.2) is 36.9 Å². The molecule has 0 fully saturated rings. The lowest BCUT2D eigenvalue weighted by Crippen LogP contribution is -2.47. The number of rotatable bonds is 9. The molecule has 1 aromatic carbocycles. The number of carbonyl (C=O) groups excluding carboxylic acids is 1. The van der Waals surface area contributed by atoms with Crippen molar-refractivity contribution < 1.29 is 19.0 Å². The van der Waals surface area contributed by atoms with Gasteiger partial charge in [0.15, 0.2) is 0 Å². The zero-order valence-corrected chi connectivity index (χ0v) is 15.9. The van der Waals surface area contributed by atoms with E-state index >= 15 is 0 Å². The Morgan fingerprint density at radius 3 is 2.56 bits per heavy atom. The van der Waals surface area contributed by atoms with Crippen LogP contribution in [0.3, 0.4) is 0 Å². The zero-order chi connectivity index (χ0) is 19.9. The molecule has 0 aliphatic rings. The van der Waals surface area contributed by atoms with E-state index in [4.69, 9.17) is 14.2 Å². The summed E-state index contributed by atoms with van der Waals surface area (Å²) >= 11 is 0. The van der Waals surface area contributed by atoms with Crippen molar-refractivity contribution in [2.45, 2.75) is 25.9 Å². The average molecular weight is 369 g/mol. The van der Waals surface area contributed by atoms with Crippen LogP contribution in [0.2, 0.25) is 0 Å². The van der Waals surface area contributed by atoms with Gasteiger partial charge >= 0.3 is 5.97 Å². The van der Waals surface area contributed by atoms with Gasteiger partial charge in [-0.2, -0.15) is 0 Å². The maximum absolute atomic E-state index is 13.3. The van der Waals surface area contributed by atoms with Gasteiger partial charge in [-0.15, -0.1) is 11.0 Å². The lowest BCUT2D eigenvalue weighted by Gasteiger charge is -2.28. The van der Waals surface area contributed by atoms with Crippen molar-refractivity contribution in [1.29, 1.82) is 0 Å². The molecular formula is C20H23N3O4. The van der Waals surface area contributed by atoms with Gasteiger partial charge in [0.1, 0.15) is 18.0 Å². The summed E-state index contributed by atoms with van der Waals surface area (Å²) in [6.45, 7) is 7.26. The van der Waals surface area contributed by atoms with E-state index in [0.29, 0.717) is 5.69 Å². The number of nitrogens with zero attached hydrogens (tertiary/aromatic N) is 3. The molecule has 1 heterocycles. The second-order valence-corrected chi connectivity index (χ2v) is 5.57. The van der Waals surface area contributed by atoms with Gasteiger partial charge in [0.25, 0.3) is 5.78 Å². The minimum absolute atomic E-state index is 0.0385. The first-order valence-corrected chi connectivity index (χ1v) is 8.35. The summed E-state index contributed by atoms with van der Waals surface area (Å²) in [5.74, 6) is 2.88. The lowest BCUT2D eigenvalue weighted by atomic mass is 10.1. The Morgan fingerprint density at radius 2 is 2.00 bits per heavy atom. The summed E-state index contributed by atoms with van der Waals surface area (Å²) in [5.41, 5.74) is 1.45. The number of hydrogen-bond donors (Lipinski definition) is 0. The highest BCUT2D eigenvalue weighted by Crippen LogP contribution is 2.26. The van der Waals surface area contributed by atoms with Gasteiger partial charge in [0.05, 0.1) is 6.04 Å². The van der Waals surface area contributed by atoms with Crippen molar-refractivity contribution in [2.75, 3.05) is 20.8 Å². The van der Waals surface area contributed by atoms with Crippen LogP contribution in [0.5, 0.6) is 0 Å². The molecular weight excluding hydrogens is 346 g/mol. The number of aromatic nitrogens is 3. The van der Waals surface area contributed by atoms with E-state index in [2.05, 4.69) is 28.7 Å². The molecule has 7 nitrogen and oxygen atoms in total. The van der Waals surface area contributed by atoms with E-state index in [0.717, 1.165) is 5.56 Å². The van der Waals surface area contributed by atoms with E-state index in [1.807, 2.05) is 37.3 Å². The summed E-state index contributed by atoms with van der Waals surface area (Å²) in [4.78, 5) is 13.3. The molecule has 7 heteroatoms. The average Bonchev–Trinajstić information content (AvgIpc) is 3.15. The van der Waals surface area contributed by atoms with Crippen LogP contribution in [-0.4, -0.2) is 47.6 Å². The number of Topliss-reactive ketones (excluding diaryl/α,β-unsaturated/α-hetero) is 1. The fraction of sp³-hybridized carbons (Fsp3) is 0.350. The van der Waals surface area contributed by atoms with Gasteiger partial charge in [-0.3, -0.25) is 4.79 Å². The molecule has 0 saturated heterocycles. The first kappa shape index (κ1) is 20.5. The minimum Gasteiger partial charge on any atom is -0.324 e. The lowest BCUT2D eigenvalue weighted by molar-refractivity contribution is -0.318. The second-order valence-electron chi connectivity index (χ2n) is 5.57. The summed E-state index contributed by atoms with van der Waals surface area (Å²) in [6.07, 6.45) is 1.45. The number of hydrogen-bond acceptors (Lipinski definition) is 6. The van der Waals surface area contributed by atoms with Crippen molar-refractivity contribution in [3.8, 4) is 11.8 Å². The minimum atomic E-state index is -1.96. The van der Waals surface area contributed by atoms with Crippen molar-refractivity contribution in [2.24, 2.45) is 0 Å². The molecule has 142 valence electrons. The first-order valence-electron chi connectivity index (χ1n) is 8.35. The summed E-state index contributed by atoms with van der Waals surface area (Å²) in [7, 11) is 2.65. The smallest absolute Gasteiger partial charge is 0.324 e. The topological polar surface area (TPSA) is 75.5 Å². The Hall–Kier alpha value is -2.79. The van der Waals surface area contributed by atoms with Crippen LogP contribution >= 0.6 is 0 Å². The molecule has 2 rings (SSSR count). The number of ketones is 1. The van der Waals surface area contributed by atoms with Gasteiger partial charge in [-0.25, -0.2) is 4.68 Å². The largest absolute Gasteiger partial charge is 0.353 e. The van der Waals surface area contributed by atoms with Gasteiger partial charge in [0.2, 0.25) is 0 Å². The van der Waals surface area contributed by atoms with Crippen molar-refractivity contribution in [3.63, 3.8) is 0 Å². The van der Waals surface area contributed by atoms with E-state index in [-0.39, 0.29) is 18.3 Å². The fourth-order valence-electron chi connectivity index (χ4n) is 2.61. The molecule has 1 atom stereocenters. The predicted molar refractivity (Wildman–Crippen MR) is 101 cm³/mol. The SMILES string of the molecule is C=Cc1nnn([C@H](C)c2ccccc2)c1C(=O)C(OC)(OC)OCC#CC. The van der Waals surface area contributed by atoms with Crippen molar-refractivity contribution in [1.82, 2.24) is 15.0 Å². The summed E-state index contributed by atoms with van der Waals surface area (Å²) in [5, 5.41) is 8.20. The van der Waals surface area contributed by atoms with Gasteiger partial charge in [0, 0.05) is 14.2 Å². The standard InChI is InChI=1S/C20H23N3O4/c1-6-8-14-27-20(25-4,26-5)19(24)18-17(7-2)21-22-23(18)15(3)16-12-10-9-11-13-16/h7,9-13,15H,2,14H2,1,3-5H3/t15-/m1/s1. The predicted octanol–water partition coefficient (Wildman–Crippen LogP) is 2.70. The van der Waals surface area contributed by atoms with Gasteiger partial charge < -0.3 is 14.2 Å². The molecule has 0 amide bonds. The van der Waals surface area contributed by atoms with E-state index in [9.17, 15) is 4.79 Å². The summed E-state index contributed by atoms with van der Waals surface area (Å²) < 4.78 is 17.6. The number of methoxy groups -OCH3 is 2. The second kappa shape index (κ2) is 9.24. The molecule has 2 aromatic rings. The third-order valence-corrected chi connectivity index (χ3v) is 4.10. The number of ether oxygens (including phenoxy) is 3.